The summed E-state index contributed by atoms with van der Waals surface area (Å²) in [5, 5.41) is 83.6. The number of aliphatic hydroxyl groups is 8. The van der Waals surface area contributed by atoms with Gasteiger partial charge in [0, 0.05) is 0 Å². The minimum atomic E-state index is -1.96. The molecule has 18 nitrogen and oxygen atoms in total. The van der Waals surface area contributed by atoms with Crippen molar-refractivity contribution in [2.24, 2.45) is 28.6 Å². The van der Waals surface area contributed by atoms with Crippen LogP contribution < -0.4 is 0 Å². The van der Waals surface area contributed by atoms with Gasteiger partial charge in [-0.2, -0.15) is 0 Å². The van der Waals surface area contributed by atoms with Crippen LogP contribution >= 0.6 is 0 Å². The largest absolute Gasteiger partial charge is 0.388 e. The van der Waals surface area contributed by atoms with Crippen LogP contribution in [0.5, 0.6) is 0 Å². The highest BCUT2D eigenvalue weighted by atomic mass is 17.3. The monoisotopic (exact) mass is 802 g/mol. The smallest absolute Gasteiger partial charge is 0.226 e. The van der Waals surface area contributed by atoms with E-state index >= 15 is 0 Å². The fourth-order valence-corrected chi connectivity index (χ4v) is 10.5. The first-order valence-corrected chi connectivity index (χ1v) is 19.7. The fraction of sp³-hybridized carbons (Fsp3) is 0.868. The molecule has 3 saturated heterocycles. The summed E-state index contributed by atoms with van der Waals surface area (Å²) in [6, 6.07) is 0. The van der Waals surface area contributed by atoms with Gasteiger partial charge in [-0.15, -0.1) is 0 Å². The van der Waals surface area contributed by atoms with E-state index in [1.165, 1.54) is 19.4 Å². The normalized spacial score (nSPS) is 52.0. The van der Waals surface area contributed by atoms with Gasteiger partial charge in [0.05, 0.1) is 18.3 Å². The molecular formula is C38H58O18. The van der Waals surface area contributed by atoms with Crippen molar-refractivity contribution in [3.05, 3.63) is 23.3 Å². The van der Waals surface area contributed by atoms with E-state index in [1.54, 1.807) is 6.92 Å². The summed E-state index contributed by atoms with van der Waals surface area (Å²) in [5.41, 5.74) is 2.10. The molecule has 318 valence electrons. The van der Waals surface area contributed by atoms with Crippen LogP contribution in [0.25, 0.3) is 0 Å². The van der Waals surface area contributed by atoms with E-state index < -0.39 is 98.4 Å². The second-order valence-corrected chi connectivity index (χ2v) is 17.2. The summed E-state index contributed by atoms with van der Waals surface area (Å²) >= 11 is 0. The van der Waals surface area contributed by atoms with Crippen LogP contribution in [0.1, 0.15) is 79.6 Å². The number of carbonyl (C=O) groups is 1. The molecule has 7 aliphatic rings. The highest BCUT2D eigenvalue weighted by molar-refractivity contribution is 5.95. The van der Waals surface area contributed by atoms with Gasteiger partial charge in [0.25, 0.3) is 0 Å². The number of rotatable bonds is 10. The van der Waals surface area contributed by atoms with Crippen molar-refractivity contribution in [2.45, 2.75) is 178 Å². The Kier molecular flexibility index (Phi) is 12.5. The van der Waals surface area contributed by atoms with Gasteiger partial charge in [-0.3, -0.25) is 4.79 Å². The Hall–Kier alpha value is -1.53. The summed E-state index contributed by atoms with van der Waals surface area (Å²) in [5.74, 6) is 1.51. The molecule has 3 heterocycles. The Labute approximate surface area is 324 Å². The molecule has 0 amide bonds. The van der Waals surface area contributed by atoms with E-state index in [0.29, 0.717) is 30.6 Å². The average molecular weight is 803 g/mol. The van der Waals surface area contributed by atoms with Gasteiger partial charge in [0.1, 0.15) is 42.7 Å². The summed E-state index contributed by atoms with van der Waals surface area (Å²) in [7, 11) is 0. The van der Waals surface area contributed by atoms with Gasteiger partial charge in [-0.25, -0.2) is 29.3 Å². The zero-order chi connectivity index (χ0) is 40.4. The van der Waals surface area contributed by atoms with Crippen molar-refractivity contribution < 1.29 is 89.2 Å². The van der Waals surface area contributed by atoms with Crippen LogP contribution in [0.15, 0.2) is 23.3 Å². The third-order valence-electron chi connectivity index (χ3n) is 13.9. The van der Waals surface area contributed by atoms with Crippen molar-refractivity contribution in [1.82, 2.24) is 0 Å². The first-order valence-electron chi connectivity index (χ1n) is 19.7. The number of Topliss-reactive ketones (excluding diaryl/α,β-unsaturated/α-hetero) is 1. The molecule has 2 saturated carbocycles. The molecule has 5 fully saturated rings. The molecule has 18 heteroatoms. The predicted octanol–water partition coefficient (Wildman–Crippen LogP) is -0.284. The predicted molar refractivity (Wildman–Crippen MR) is 185 cm³/mol. The highest BCUT2D eigenvalue weighted by Gasteiger charge is 2.58. The number of fused-ring (bicyclic) bond motifs is 5. The fourth-order valence-electron chi connectivity index (χ4n) is 10.5. The maximum atomic E-state index is 12.5. The van der Waals surface area contributed by atoms with E-state index in [-0.39, 0.29) is 16.6 Å². The molecule has 0 radical (unpaired) electrons. The molecule has 0 aromatic carbocycles. The number of hydrogen-bond donors (Lipinski definition) is 8. The summed E-state index contributed by atoms with van der Waals surface area (Å²) in [6.07, 6.45) is -14.1. The van der Waals surface area contributed by atoms with Crippen molar-refractivity contribution in [3.8, 4) is 0 Å². The molecule has 0 spiro atoms. The maximum Gasteiger partial charge on any atom is 0.226 e. The molecule has 0 aromatic heterocycles. The Bertz CT molecular complexity index is 1480. The quantitative estimate of drug-likeness (QED) is 0.0802. The van der Waals surface area contributed by atoms with Crippen molar-refractivity contribution in [1.29, 1.82) is 0 Å². The SMILES string of the molecule is CC(=O)C1=CC[C@@H]2[C@@H]3CC=C4C[C@@H](OO[C@@H]5O[C@H](O)[C@@H](OO[C@H]6O[C@@H](C)[C@H](O)[C@@H](O)[C@@H]6O)[C@H](O)[C@H]5OO[C@H]5O[C@@H](C)[C@H](O)[C@@H](O)[C@@H]5O)CC[C@]4(C)[C@H]3CC[C@]12C. The lowest BCUT2D eigenvalue weighted by molar-refractivity contribution is -0.529. The second-order valence-electron chi connectivity index (χ2n) is 17.2. The number of allylic oxidation sites excluding steroid dienone is 3. The molecule has 4 aliphatic carbocycles. The minimum absolute atomic E-state index is 0.0570. The lowest BCUT2D eigenvalue weighted by Gasteiger charge is -2.57. The van der Waals surface area contributed by atoms with Crippen LogP contribution in [0.2, 0.25) is 0 Å². The van der Waals surface area contributed by atoms with Gasteiger partial charge in [-0.05, 0) is 99.9 Å². The first kappa shape index (κ1) is 42.6. The molecule has 7 rings (SSSR count). The van der Waals surface area contributed by atoms with E-state index in [2.05, 4.69) is 26.0 Å². The van der Waals surface area contributed by atoms with Gasteiger partial charge in [0.15, 0.2) is 24.3 Å². The number of hydrogen-bond acceptors (Lipinski definition) is 18. The third kappa shape index (κ3) is 7.57. The summed E-state index contributed by atoms with van der Waals surface area (Å²) in [6.45, 7) is 9.11. The van der Waals surface area contributed by atoms with Gasteiger partial charge >= 0.3 is 0 Å². The van der Waals surface area contributed by atoms with Crippen LogP contribution in [-0.2, 0) is 48.3 Å². The summed E-state index contributed by atoms with van der Waals surface area (Å²) < 4.78 is 16.4. The van der Waals surface area contributed by atoms with Gasteiger partial charge < -0.3 is 55.1 Å². The second kappa shape index (κ2) is 16.5. The molecule has 0 unspecified atom stereocenters. The molecule has 8 N–H and O–H groups in total. The Morgan fingerprint density at radius 3 is 1.80 bits per heavy atom. The zero-order valence-electron chi connectivity index (χ0n) is 32.2. The van der Waals surface area contributed by atoms with Crippen LogP contribution in [0, 0.1) is 28.6 Å². The Morgan fingerprint density at radius 2 is 1.20 bits per heavy atom. The van der Waals surface area contributed by atoms with Gasteiger partial charge in [-0.1, -0.05) is 31.6 Å². The van der Waals surface area contributed by atoms with Crippen LogP contribution in [0.4, 0.5) is 0 Å². The number of carbonyl (C=O) groups excluding carboxylic acids is 1. The van der Waals surface area contributed by atoms with E-state index in [4.69, 9.17) is 43.5 Å². The van der Waals surface area contributed by atoms with E-state index in [1.807, 2.05) is 0 Å². The molecule has 0 aromatic rings. The molecule has 56 heavy (non-hydrogen) atoms. The maximum absolute atomic E-state index is 12.5. The van der Waals surface area contributed by atoms with E-state index in [0.717, 1.165) is 37.7 Å². The van der Waals surface area contributed by atoms with Crippen molar-refractivity contribution >= 4 is 5.78 Å². The number of ether oxygens (including phenoxy) is 3. The highest BCUT2D eigenvalue weighted by Crippen LogP contribution is 2.65. The van der Waals surface area contributed by atoms with Crippen LogP contribution in [-0.4, -0.2) is 145 Å². The van der Waals surface area contributed by atoms with Crippen LogP contribution in [0.3, 0.4) is 0 Å². The topological polar surface area (TPSA) is 262 Å². The molecule has 3 aliphatic heterocycles. The lowest BCUT2D eigenvalue weighted by Crippen LogP contribution is -2.62. The Balaban J connectivity index is 1.01. The first-order chi connectivity index (χ1) is 26.5. The minimum Gasteiger partial charge on any atom is -0.388 e. The third-order valence-corrected chi connectivity index (χ3v) is 13.9. The number of ketones is 1. The standard InChI is InChI=1S/C38H58O18/c1-15(39)21-8-9-22-20-7-6-18-14-19(10-12-37(18,4)23(20)11-13-38(21,22)5)51-56-36-32(53-55-35-29(45)27(43)25(41)17(3)49-35)30(46)31(33(47)50-36)52-54-34-28(44)26(42)24(40)16(2)48-34/h6,8,16-17,19-20,22-36,40-47H,7,9-14H2,1-5H3/t16-,17-,19-,20-,22+,23-,24-,25-,26+,27+,28-,29-,30-,31-,32+,33-,34+,35+,36-,37-,38+/m0/s1. The lowest BCUT2D eigenvalue weighted by atomic mass is 9.47. The molecule has 0 bridgehead atoms. The molecular weight excluding hydrogens is 744 g/mol. The summed E-state index contributed by atoms with van der Waals surface area (Å²) in [4.78, 5) is 45.2. The zero-order valence-corrected chi connectivity index (χ0v) is 32.2. The van der Waals surface area contributed by atoms with Crippen molar-refractivity contribution in [3.63, 3.8) is 0 Å². The Morgan fingerprint density at radius 1 is 0.625 bits per heavy atom. The number of aliphatic hydroxyl groups excluding tert-OH is 8. The molecule has 21 atom stereocenters. The van der Waals surface area contributed by atoms with Crippen molar-refractivity contribution in [2.75, 3.05) is 0 Å². The van der Waals surface area contributed by atoms with Gasteiger partial charge in [0.2, 0.25) is 18.9 Å². The van der Waals surface area contributed by atoms with E-state index in [9.17, 15) is 45.6 Å². The average Bonchev–Trinajstić information content (AvgIpc) is 3.53.